The van der Waals surface area contributed by atoms with Gasteiger partial charge in [-0.15, -0.1) is 6.58 Å². The van der Waals surface area contributed by atoms with Crippen LogP contribution in [0.5, 0.6) is 0 Å². The molecule has 0 bridgehead atoms. The zero-order valence-electron chi connectivity index (χ0n) is 15.6. The number of anilines is 1. The number of nitrogens with one attached hydrogen (secondary N) is 1. The van der Waals surface area contributed by atoms with E-state index in [9.17, 15) is 9.59 Å². The van der Waals surface area contributed by atoms with E-state index >= 15 is 0 Å². The van der Waals surface area contributed by atoms with Crippen molar-refractivity contribution >= 4 is 44.5 Å². The molecule has 9 heteroatoms. The molecule has 0 spiro atoms. The van der Waals surface area contributed by atoms with Crippen molar-refractivity contribution in [3.63, 3.8) is 0 Å². The first-order valence-corrected chi connectivity index (χ1v) is 10.4. The number of fused-ring (bicyclic) bond motifs is 1. The van der Waals surface area contributed by atoms with Crippen LogP contribution in [-0.4, -0.2) is 45.3 Å². The molecule has 142 valence electrons. The van der Waals surface area contributed by atoms with Gasteiger partial charge in [0.25, 0.3) is 5.56 Å². The Morgan fingerprint density at radius 2 is 2.08 bits per heavy atom. The number of hydrogen-bond acceptors (Lipinski definition) is 7. The van der Waals surface area contributed by atoms with Gasteiger partial charge in [0.1, 0.15) is 4.70 Å². The van der Waals surface area contributed by atoms with Crippen molar-refractivity contribution < 1.29 is 4.79 Å². The Kier molecular flexibility index (Phi) is 7.22. The summed E-state index contributed by atoms with van der Waals surface area (Å²) in [7, 11) is 0. The van der Waals surface area contributed by atoms with Gasteiger partial charge < -0.3 is 10.2 Å². The van der Waals surface area contributed by atoms with E-state index in [1.165, 1.54) is 23.1 Å². The zero-order valence-corrected chi connectivity index (χ0v) is 17.2. The van der Waals surface area contributed by atoms with E-state index in [0.717, 1.165) is 18.2 Å². The van der Waals surface area contributed by atoms with Crippen LogP contribution >= 0.6 is 23.1 Å². The Labute approximate surface area is 161 Å². The molecule has 1 amide bonds. The topological polar surface area (TPSA) is 80.1 Å². The minimum atomic E-state index is -0.141. The first kappa shape index (κ1) is 20.4. The van der Waals surface area contributed by atoms with Gasteiger partial charge >= 0.3 is 0 Å². The second-order valence-corrected chi connectivity index (χ2v) is 7.85. The van der Waals surface area contributed by atoms with E-state index in [0.29, 0.717) is 22.0 Å². The van der Waals surface area contributed by atoms with E-state index in [-0.39, 0.29) is 23.3 Å². The maximum atomic E-state index is 12.9. The Morgan fingerprint density at radius 3 is 2.65 bits per heavy atom. The molecule has 0 aromatic carbocycles. The number of hydrogen-bond donors (Lipinski definition) is 1. The van der Waals surface area contributed by atoms with Gasteiger partial charge in [-0.3, -0.25) is 14.2 Å². The molecular weight excluding hydrogens is 370 g/mol. The van der Waals surface area contributed by atoms with Crippen LogP contribution < -0.4 is 15.8 Å². The summed E-state index contributed by atoms with van der Waals surface area (Å²) in [6.45, 7) is 13.6. The Balaban J connectivity index is 2.41. The van der Waals surface area contributed by atoms with Crippen LogP contribution in [0.25, 0.3) is 10.3 Å². The molecule has 1 N–H and O–H groups in total. The molecule has 7 nitrogen and oxygen atoms in total. The van der Waals surface area contributed by atoms with Gasteiger partial charge in [0.15, 0.2) is 15.9 Å². The van der Waals surface area contributed by atoms with Crippen molar-refractivity contribution in [2.75, 3.05) is 23.7 Å². The molecule has 0 aliphatic heterocycles. The lowest BCUT2D eigenvalue weighted by molar-refractivity contribution is -0.119. The summed E-state index contributed by atoms with van der Waals surface area (Å²) in [4.78, 5) is 36.0. The minimum Gasteiger partial charge on any atom is -0.353 e. The Bertz CT molecular complexity index is 840. The van der Waals surface area contributed by atoms with Crippen molar-refractivity contribution in [1.82, 2.24) is 19.9 Å². The first-order valence-electron chi connectivity index (χ1n) is 8.60. The van der Waals surface area contributed by atoms with E-state index in [1.807, 2.05) is 27.7 Å². The van der Waals surface area contributed by atoms with Crippen molar-refractivity contribution in [3.8, 4) is 0 Å². The normalized spacial score (nSPS) is 11.1. The summed E-state index contributed by atoms with van der Waals surface area (Å²) in [5.74, 6) is 0.104. The van der Waals surface area contributed by atoms with Crippen molar-refractivity contribution in [2.45, 2.75) is 45.4 Å². The summed E-state index contributed by atoms with van der Waals surface area (Å²) in [5.41, 5.74) is 0.298. The average Bonchev–Trinajstić information content (AvgIpc) is 3.00. The lowest BCUT2D eigenvalue weighted by atomic mass is 10.4. The molecule has 0 aliphatic carbocycles. The van der Waals surface area contributed by atoms with E-state index in [2.05, 4.69) is 26.8 Å². The van der Waals surface area contributed by atoms with Crippen LogP contribution in [0.2, 0.25) is 0 Å². The third-order valence-electron chi connectivity index (χ3n) is 3.60. The fourth-order valence-corrected chi connectivity index (χ4v) is 4.29. The number of allylic oxidation sites excluding steroid dienone is 1. The van der Waals surface area contributed by atoms with Crippen molar-refractivity contribution in [1.29, 1.82) is 0 Å². The second kappa shape index (κ2) is 9.18. The molecule has 0 saturated heterocycles. The summed E-state index contributed by atoms with van der Waals surface area (Å²) in [6.07, 6.45) is 1.65. The number of rotatable bonds is 9. The molecule has 2 aromatic heterocycles. The predicted octanol–water partition coefficient (Wildman–Crippen LogP) is 2.50. The number of aromatic nitrogens is 3. The van der Waals surface area contributed by atoms with Crippen molar-refractivity contribution in [3.05, 3.63) is 23.0 Å². The second-order valence-electron chi connectivity index (χ2n) is 5.93. The maximum absolute atomic E-state index is 12.9. The highest BCUT2D eigenvalue weighted by molar-refractivity contribution is 7.99. The molecule has 0 saturated carbocycles. The summed E-state index contributed by atoms with van der Waals surface area (Å²) in [5, 5.41) is 4.11. The lowest BCUT2D eigenvalue weighted by Crippen LogP contribution is -2.32. The summed E-state index contributed by atoms with van der Waals surface area (Å²) >= 11 is 2.60. The van der Waals surface area contributed by atoms with Gasteiger partial charge in [-0.2, -0.15) is 4.98 Å². The van der Waals surface area contributed by atoms with Gasteiger partial charge in [0, 0.05) is 25.7 Å². The fourth-order valence-electron chi connectivity index (χ4n) is 2.40. The monoisotopic (exact) mass is 395 g/mol. The van der Waals surface area contributed by atoms with Crippen LogP contribution in [0.15, 0.2) is 22.6 Å². The van der Waals surface area contributed by atoms with E-state index in [4.69, 9.17) is 0 Å². The van der Waals surface area contributed by atoms with Crippen LogP contribution in [0.1, 0.15) is 27.7 Å². The molecule has 0 fully saturated rings. The maximum Gasteiger partial charge on any atom is 0.274 e. The Hall–Kier alpha value is -1.87. The summed E-state index contributed by atoms with van der Waals surface area (Å²) in [6, 6.07) is 0.0732. The van der Waals surface area contributed by atoms with Gasteiger partial charge in [-0.1, -0.05) is 29.2 Å². The number of carbonyl (C=O) groups is 1. The average molecular weight is 396 g/mol. The molecule has 0 unspecified atom stereocenters. The first-order chi connectivity index (χ1) is 12.4. The van der Waals surface area contributed by atoms with Crippen LogP contribution in [0, 0.1) is 0 Å². The predicted molar refractivity (Wildman–Crippen MR) is 109 cm³/mol. The molecule has 0 atom stereocenters. The fraction of sp³-hybridized carbons (Fsp3) is 0.529. The molecule has 2 heterocycles. The number of thiazole rings is 1. The summed E-state index contributed by atoms with van der Waals surface area (Å²) < 4.78 is 2.08. The molecule has 0 aliphatic rings. The minimum absolute atomic E-state index is 0.0732. The zero-order chi connectivity index (χ0) is 19.3. The molecule has 0 radical (unpaired) electrons. The highest BCUT2D eigenvalue weighted by Crippen LogP contribution is 2.27. The molecule has 2 rings (SSSR count). The third-order valence-corrected chi connectivity index (χ3v) is 5.67. The molecule has 26 heavy (non-hydrogen) atoms. The largest absolute Gasteiger partial charge is 0.353 e. The number of thioether (sulfide) groups is 1. The highest BCUT2D eigenvalue weighted by Gasteiger charge is 2.18. The third kappa shape index (κ3) is 4.64. The van der Waals surface area contributed by atoms with E-state index < -0.39 is 0 Å². The van der Waals surface area contributed by atoms with Gasteiger partial charge in [0.05, 0.1) is 5.75 Å². The van der Waals surface area contributed by atoms with Gasteiger partial charge in [0.2, 0.25) is 5.91 Å². The molecular formula is C17H25N5O2S2. The van der Waals surface area contributed by atoms with Gasteiger partial charge in [-0.25, -0.2) is 4.98 Å². The molecule has 2 aromatic rings. The van der Waals surface area contributed by atoms with Crippen LogP contribution in [0.4, 0.5) is 5.13 Å². The number of carbonyl (C=O) groups excluding carboxylic acids is 1. The van der Waals surface area contributed by atoms with Crippen LogP contribution in [-0.2, 0) is 11.3 Å². The number of amides is 1. The van der Waals surface area contributed by atoms with Crippen molar-refractivity contribution in [2.24, 2.45) is 0 Å². The standard InChI is InChI=1S/C17H25N5O2S2/c1-6-9-22-15(24)13-14(19-16(26-13)21(7-2)8-3)20-17(22)25-10-12(23)18-11(4)5/h6,11H,1,7-10H2,2-5H3,(H,18,23). The lowest BCUT2D eigenvalue weighted by Gasteiger charge is -2.15. The Morgan fingerprint density at radius 1 is 1.38 bits per heavy atom. The SMILES string of the molecule is C=CCn1c(SCC(=O)NC(C)C)nc2nc(N(CC)CC)sc2c1=O. The quantitative estimate of drug-likeness (QED) is 0.399. The highest BCUT2D eigenvalue weighted by atomic mass is 32.2. The van der Waals surface area contributed by atoms with Gasteiger partial charge in [-0.05, 0) is 27.7 Å². The number of nitrogens with zero attached hydrogens (tertiary/aromatic N) is 4. The van der Waals surface area contributed by atoms with E-state index in [1.54, 1.807) is 10.6 Å². The van der Waals surface area contributed by atoms with Crippen LogP contribution in [0.3, 0.4) is 0 Å². The smallest absolute Gasteiger partial charge is 0.274 e.